The molecule has 0 bridgehead atoms. The highest BCUT2D eigenvalue weighted by atomic mass is 16.7. The van der Waals surface area contributed by atoms with Gasteiger partial charge in [0.05, 0.1) is 23.9 Å². The molecule has 1 atom stereocenters. The van der Waals surface area contributed by atoms with Gasteiger partial charge in [-0.2, -0.15) is 0 Å². The lowest BCUT2D eigenvalue weighted by atomic mass is 9.90. The molecule has 88 valence electrons. The van der Waals surface area contributed by atoms with E-state index >= 15 is 0 Å². The zero-order valence-electron chi connectivity index (χ0n) is 10.2. The minimum atomic E-state index is -0.187. The van der Waals surface area contributed by atoms with E-state index in [1.807, 2.05) is 0 Å². The molecule has 1 unspecified atom stereocenters. The Kier molecular flexibility index (Phi) is 2.82. The first-order valence-corrected chi connectivity index (χ1v) is 5.88. The lowest BCUT2D eigenvalue weighted by Gasteiger charge is -2.30. The molecular formula is C12H22O3. The van der Waals surface area contributed by atoms with Gasteiger partial charge in [-0.3, -0.25) is 0 Å². The Morgan fingerprint density at radius 3 is 2.00 bits per heavy atom. The van der Waals surface area contributed by atoms with Gasteiger partial charge in [0.1, 0.15) is 0 Å². The second kappa shape index (κ2) is 3.72. The average Bonchev–Trinajstić information content (AvgIpc) is 2.82. The Hall–Kier alpha value is -0.120. The van der Waals surface area contributed by atoms with Crippen molar-refractivity contribution in [2.45, 2.75) is 70.6 Å². The smallest absolute Gasteiger partial charge is 0.159 e. The van der Waals surface area contributed by atoms with Gasteiger partial charge in [-0.25, -0.2) is 0 Å². The van der Waals surface area contributed by atoms with E-state index in [9.17, 15) is 0 Å². The molecule has 0 aliphatic carbocycles. The van der Waals surface area contributed by atoms with Gasteiger partial charge in [0.2, 0.25) is 0 Å². The van der Waals surface area contributed by atoms with E-state index < -0.39 is 0 Å². The lowest BCUT2D eigenvalue weighted by Crippen LogP contribution is -2.41. The van der Waals surface area contributed by atoms with Crippen LogP contribution in [0.4, 0.5) is 0 Å². The monoisotopic (exact) mass is 214 g/mol. The molecular weight excluding hydrogens is 192 g/mol. The van der Waals surface area contributed by atoms with Crippen LogP contribution in [0, 0.1) is 0 Å². The van der Waals surface area contributed by atoms with E-state index in [2.05, 4.69) is 27.7 Å². The first-order chi connectivity index (χ1) is 6.91. The summed E-state index contributed by atoms with van der Waals surface area (Å²) in [7, 11) is 0. The van der Waals surface area contributed by atoms with Gasteiger partial charge < -0.3 is 14.2 Å². The van der Waals surface area contributed by atoms with Crippen molar-refractivity contribution in [2.75, 3.05) is 6.61 Å². The highest BCUT2D eigenvalue weighted by Crippen LogP contribution is 2.39. The van der Waals surface area contributed by atoms with Gasteiger partial charge in [0.15, 0.2) is 6.29 Å². The van der Waals surface area contributed by atoms with Crippen LogP contribution in [-0.4, -0.2) is 30.2 Å². The third-order valence-electron chi connectivity index (χ3n) is 3.67. The second-order valence-corrected chi connectivity index (χ2v) is 5.57. The van der Waals surface area contributed by atoms with Crippen molar-refractivity contribution in [3.63, 3.8) is 0 Å². The van der Waals surface area contributed by atoms with Crippen molar-refractivity contribution in [2.24, 2.45) is 0 Å². The topological polar surface area (TPSA) is 31.0 Å². The van der Waals surface area contributed by atoms with E-state index in [1.165, 1.54) is 0 Å². The van der Waals surface area contributed by atoms with Crippen LogP contribution < -0.4 is 0 Å². The maximum Gasteiger partial charge on any atom is 0.159 e. The lowest BCUT2D eigenvalue weighted by molar-refractivity contribution is -0.0913. The maximum atomic E-state index is 5.90. The molecule has 0 radical (unpaired) electrons. The normalized spacial score (nSPS) is 33.2. The SMILES string of the molecule is CC1(C)OC(CCCC2CO2)OC1(C)C. The van der Waals surface area contributed by atoms with E-state index in [1.54, 1.807) is 0 Å². The van der Waals surface area contributed by atoms with Crippen molar-refractivity contribution in [1.82, 2.24) is 0 Å². The van der Waals surface area contributed by atoms with Crippen molar-refractivity contribution in [1.29, 1.82) is 0 Å². The third-order valence-corrected chi connectivity index (χ3v) is 3.67. The number of rotatable bonds is 4. The van der Waals surface area contributed by atoms with Crippen molar-refractivity contribution < 1.29 is 14.2 Å². The maximum absolute atomic E-state index is 5.90. The van der Waals surface area contributed by atoms with E-state index in [-0.39, 0.29) is 17.5 Å². The molecule has 0 amide bonds. The third kappa shape index (κ3) is 2.52. The summed E-state index contributed by atoms with van der Waals surface area (Å²) in [6.45, 7) is 9.32. The molecule has 2 fully saturated rings. The molecule has 0 saturated carbocycles. The van der Waals surface area contributed by atoms with E-state index in [4.69, 9.17) is 14.2 Å². The van der Waals surface area contributed by atoms with Crippen LogP contribution in [0.2, 0.25) is 0 Å². The van der Waals surface area contributed by atoms with Crippen LogP contribution in [0.25, 0.3) is 0 Å². The molecule has 0 spiro atoms. The quantitative estimate of drug-likeness (QED) is 0.674. The van der Waals surface area contributed by atoms with Gasteiger partial charge in [-0.05, 0) is 47.0 Å². The van der Waals surface area contributed by atoms with E-state index in [0.29, 0.717) is 6.10 Å². The minimum absolute atomic E-state index is 0.0336. The summed E-state index contributed by atoms with van der Waals surface area (Å²) >= 11 is 0. The first kappa shape index (κ1) is 11.4. The van der Waals surface area contributed by atoms with Gasteiger partial charge in [0, 0.05) is 0 Å². The highest BCUT2D eigenvalue weighted by molar-refractivity contribution is 4.94. The predicted octanol–water partition coefficient (Wildman–Crippen LogP) is 2.49. The van der Waals surface area contributed by atoms with Gasteiger partial charge in [-0.1, -0.05) is 0 Å². The molecule has 2 saturated heterocycles. The Morgan fingerprint density at radius 2 is 1.53 bits per heavy atom. The molecule has 2 aliphatic rings. The molecule has 2 heterocycles. The molecule has 0 aromatic carbocycles. The van der Waals surface area contributed by atoms with Crippen molar-refractivity contribution >= 4 is 0 Å². The fraction of sp³-hybridized carbons (Fsp3) is 1.00. The fourth-order valence-corrected chi connectivity index (χ4v) is 1.83. The zero-order chi connectivity index (χ0) is 11.1. The molecule has 2 aliphatic heterocycles. The van der Waals surface area contributed by atoms with E-state index in [0.717, 1.165) is 25.9 Å². The largest absolute Gasteiger partial charge is 0.373 e. The highest BCUT2D eigenvalue weighted by Gasteiger charge is 2.48. The molecule has 3 nitrogen and oxygen atoms in total. The molecule has 3 heteroatoms. The number of hydrogen-bond acceptors (Lipinski definition) is 3. The summed E-state index contributed by atoms with van der Waals surface area (Å²) in [5, 5.41) is 0. The number of ether oxygens (including phenoxy) is 3. The fourth-order valence-electron chi connectivity index (χ4n) is 1.83. The average molecular weight is 214 g/mol. The summed E-state index contributed by atoms with van der Waals surface area (Å²) in [5.41, 5.74) is -0.374. The standard InChI is InChI=1S/C12H22O3/c1-11(2)12(3,4)15-10(14-11)7-5-6-9-8-13-9/h9-10H,5-8H2,1-4H3. The number of epoxide rings is 1. The summed E-state index contributed by atoms with van der Waals surface area (Å²) < 4.78 is 17.0. The Labute approximate surface area is 92.1 Å². The van der Waals surface area contributed by atoms with Crippen LogP contribution in [0.5, 0.6) is 0 Å². The molecule has 0 aromatic rings. The van der Waals surface area contributed by atoms with Gasteiger partial charge >= 0.3 is 0 Å². The minimum Gasteiger partial charge on any atom is -0.373 e. The van der Waals surface area contributed by atoms with Crippen LogP contribution >= 0.6 is 0 Å². The Bertz CT molecular complexity index is 215. The zero-order valence-corrected chi connectivity index (χ0v) is 10.2. The predicted molar refractivity (Wildman–Crippen MR) is 57.7 cm³/mol. The summed E-state index contributed by atoms with van der Waals surface area (Å²) in [5.74, 6) is 0. The van der Waals surface area contributed by atoms with Crippen molar-refractivity contribution in [3.8, 4) is 0 Å². The van der Waals surface area contributed by atoms with Crippen LogP contribution in [0.3, 0.4) is 0 Å². The number of hydrogen-bond donors (Lipinski definition) is 0. The molecule has 2 rings (SSSR count). The molecule has 15 heavy (non-hydrogen) atoms. The summed E-state index contributed by atoms with van der Waals surface area (Å²) in [6.07, 6.45) is 3.74. The summed E-state index contributed by atoms with van der Waals surface area (Å²) in [4.78, 5) is 0. The Morgan fingerprint density at radius 1 is 1.00 bits per heavy atom. The van der Waals surface area contributed by atoms with Crippen LogP contribution in [0.1, 0.15) is 47.0 Å². The summed E-state index contributed by atoms with van der Waals surface area (Å²) in [6, 6.07) is 0. The van der Waals surface area contributed by atoms with Crippen molar-refractivity contribution in [3.05, 3.63) is 0 Å². The van der Waals surface area contributed by atoms with Crippen LogP contribution in [-0.2, 0) is 14.2 Å². The first-order valence-electron chi connectivity index (χ1n) is 5.88. The van der Waals surface area contributed by atoms with Gasteiger partial charge in [-0.15, -0.1) is 0 Å². The molecule has 0 aromatic heterocycles. The van der Waals surface area contributed by atoms with Gasteiger partial charge in [0.25, 0.3) is 0 Å². The second-order valence-electron chi connectivity index (χ2n) is 5.57. The molecule has 0 N–H and O–H groups in total. The Balaban J connectivity index is 1.75. The van der Waals surface area contributed by atoms with Crippen LogP contribution in [0.15, 0.2) is 0 Å².